The highest BCUT2D eigenvalue weighted by Gasteiger charge is 1.90. The molecule has 0 unspecified atom stereocenters. The van der Waals surface area contributed by atoms with Crippen LogP contribution in [0, 0.1) is 6.92 Å². The Kier molecular flexibility index (Phi) is 4.75. The number of aliphatic imine (C=N–C) groups is 1. The van der Waals surface area contributed by atoms with E-state index in [0.29, 0.717) is 0 Å². The third kappa shape index (κ3) is 4.54. The van der Waals surface area contributed by atoms with Gasteiger partial charge < -0.3 is 0 Å². The Hall–Kier alpha value is -1.44. The van der Waals surface area contributed by atoms with Gasteiger partial charge in [0.1, 0.15) is 0 Å². The van der Waals surface area contributed by atoms with Crippen molar-refractivity contribution in [2.45, 2.75) is 33.6 Å². The first kappa shape index (κ1) is 11.6. The van der Waals surface area contributed by atoms with Crippen LogP contribution in [-0.2, 0) is 6.42 Å². The van der Waals surface area contributed by atoms with Gasteiger partial charge in [0.05, 0.1) is 0 Å². The lowest BCUT2D eigenvalue weighted by Gasteiger charge is -1.96. The first-order valence-electron chi connectivity index (χ1n) is 5.33. The Balaban J connectivity index is 2.50. The van der Waals surface area contributed by atoms with Gasteiger partial charge in [-0.1, -0.05) is 19.1 Å². The highest BCUT2D eigenvalue weighted by molar-refractivity contribution is 5.61. The molecule has 0 fully saturated rings. The Morgan fingerprint density at radius 3 is 2.87 bits per heavy atom. The summed E-state index contributed by atoms with van der Waals surface area (Å²) in [6, 6.07) is 4.12. The van der Waals surface area contributed by atoms with E-state index in [4.69, 9.17) is 0 Å². The molecule has 0 aliphatic heterocycles. The van der Waals surface area contributed by atoms with Crippen molar-refractivity contribution in [2.24, 2.45) is 4.99 Å². The average molecular weight is 202 g/mol. The van der Waals surface area contributed by atoms with E-state index >= 15 is 0 Å². The molecule has 1 aromatic heterocycles. The van der Waals surface area contributed by atoms with Crippen molar-refractivity contribution >= 4 is 6.21 Å². The molecule has 1 aromatic rings. The molecule has 0 spiro atoms. The molecular weight excluding hydrogens is 184 g/mol. The van der Waals surface area contributed by atoms with Gasteiger partial charge in [-0.3, -0.25) is 9.98 Å². The highest BCUT2D eigenvalue weighted by atomic mass is 14.7. The standard InChI is InChI=1S/C13H18N2/c1-4-5-12(3)14-9-8-13-7-6-11(2)10-15-13/h5-7,9-10H,4,8H2,1-3H3/b12-5-,14-9?. The summed E-state index contributed by atoms with van der Waals surface area (Å²) in [5.74, 6) is 0. The van der Waals surface area contributed by atoms with Gasteiger partial charge in [0, 0.05) is 30.2 Å². The summed E-state index contributed by atoms with van der Waals surface area (Å²) >= 11 is 0. The summed E-state index contributed by atoms with van der Waals surface area (Å²) in [6.07, 6.45) is 7.75. The number of aromatic nitrogens is 1. The molecule has 0 N–H and O–H groups in total. The molecule has 80 valence electrons. The lowest BCUT2D eigenvalue weighted by atomic mass is 10.2. The van der Waals surface area contributed by atoms with Crippen LogP contribution in [0.2, 0.25) is 0 Å². The summed E-state index contributed by atoms with van der Waals surface area (Å²) in [6.45, 7) is 6.17. The van der Waals surface area contributed by atoms with Gasteiger partial charge in [-0.15, -0.1) is 0 Å². The summed E-state index contributed by atoms with van der Waals surface area (Å²) in [4.78, 5) is 8.64. The van der Waals surface area contributed by atoms with Crippen molar-refractivity contribution in [1.82, 2.24) is 4.98 Å². The Morgan fingerprint density at radius 2 is 2.27 bits per heavy atom. The van der Waals surface area contributed by atoms with Crippen LogP contribution in [0.1, 0.15) is 31.5 Å². The van der Waals surface area contributed by atoms with E-state index in [-0.39, 0.29) is 0 Å². The van der Waals surface area contributed by atoms with E-state index < -0.39 is 0 Å². The van der Waals surface area contributed by atoms with Crippen molar-refractivity contribution in [1.29, 1.82) is 0 Å². The van der Waals surface area contributed by atoms with Crippen LogP contribution in [0.5, 0.6) is 0 Å². The van der Waals surface area contributed by atoms with Gasteiger partial charge in [0.15, 0.2) is 0 Å². The van der Waals surface area contributed by atoms with E-state index in [1.807, 2.05) is 32.3 Å². The third-order valence-corrected chi connectivity index (χ3v) is 2.07. The zero-order valence-corrected chi connectivity index (χ0v) is 9.70. The maximum Gasteiger partial charge on any atom is 0.0457 e. The van der Waals surface area contributed by atoms with Crippen molar-refractivity contribution < 1.29 is 0 Å². The number of rotatable bonds is 4. The Bertz CT molecular complexity index is 347. The summed E-state index contributed by atoms with van der Waals surface area (Å²) in [5, 5.41) is 0. The second kappa shape index (κ2) is 6.12. The molecule has 0 aliphatic carbocycles. The molecule has 2 nitrogen and oxygen atoms in total. The molecule has 0 saturated carbocycles. The van der Waals surface area contributed by atoms with Crippen LogP contribution in [-0.4, -0.2) is 11.2 Å². The average Bonchev–Trinajstić information content (AvgIpc) is 2.21. The molecule has 0 radical (unpaired) electrons. The number of pyridine rings is 1. The second-order valence-corrected chi connectivity index (χ2v) is 3.60. The van der Waals surface area contributed by atoms with Crippen molar-refractivity contribution in [3.05, 3.63) is 41.4 Å². The van der Waals surface area contributed by atoms with Gasteiger partial charge in [-0.05, 0) is 31.9 Å². The lowest BCUT2D eigenvalue weighted by molar-refractivity contribution is 1.12. The Morgan fingerprint density at radius 1 is 1.47 bits per heavy atom. The molecule has 0 atom stereocenters. The van der Waals surface area contributed by atoms with Crippen molar-refractivity contribution in [2.75, 3.05) is 0 Å². The molecule has 0 aromatic carbocycles. The molecule has 1 rings (SSSR count). The van der Waals surface area contributed by atoms with Gasteiger partial charge in [-0.2, -0.15) is 0 Å². The number of allylic oxidation sites excluding steroid dienone is 2. The minimum absolute atomic E-state index is 0.801. The molecule has 0 amide bonds. The molecule has 1 heterocycles. The largest absolute Gasteiger partial charge is 0.266 e. The fourth-order valence-electron chi connectivity index (χ4n) is 1.25. The SMILES string of the molecule is CC/C=C(/C)N=CCc1ccc(C)cn1. The summed E-state index contributed by atoms with van der Waals surface area (Å²) in [5.41, 5.74) is 3.33. The number of hydrogen-bond acceptors (Lipinski definition) is 2. The van der Waals surface area contributed by atoms with Crippen LogP contribution in [0.15, 0.2) is 35.1 Å². The topological polar surface area (TPSA) is 25.2 Å². The van der Waals surface area contributed by atoms with Crippen LogP contribution < -0.4 is 0 Å². The van der Waals surface area contributed by atoms with Crippen LogP contribution in [0.4, 0.5) is 0 Å². The van der Waals surface area contributed by atoms with E-state index in [9.17, 15) is 0 Å². The molecule has 15 heavy (non-hydrogen) atoms. The van der Waals surface area contributed by atoms with Crippen molar-refractivity contribution in [3.8, 4) is 0 Å². The number of aryl methyl sites for hydroxylation is 1. The molecule has 0 saturated heterocycles. The molecule has 2 heteroatoms. The minimum Gasteiger partial charge on any atom is -0.266 e. The smallest absolute Gasteiger partial charge is 0.0457 e. The Labute approximate surface area is 91.8 Å². The van der Waals surface area contributed by atoms with E-state index in [1.54, 1.807) is 0 Å². The fraction of sp³-hybridized carbons (Fsp3) is 0.385. The first-order chi connectivity index (χ1) is 7.22. The third-order valence-electron chi connectivity index (χ3n) is 2.07. The summed E-state index contributed by atoms with van der Waals surface area (Å²) < 4.78 is 0. The van der Waals surface area contributed by atoms with Crippen LogP contribution in [0.3, 0.4) is 0 Å². The molecular formula is C13H18N2. The van der Waals surface area contributed by atoms with Crippen LogP contribution >= 0.6 is 0 Å². The second-order valence-electron chi connectivity index (χ2n) is 3.60. The van der Waals surface area contributed by atoms with Crippen molar-refractivity contribution in [3.63, 3.8) is 0 Å². The quantitative estimate of drug-likeness (QED) is 0.687. The predicted octanol–water partition coefficient (Wildman–Crippen LogP) is 3.32. The fourth-order valence-corrected chi connectivity index (χ4v) is 1.25. The summed E-state index contributed by atoms with van der Waals surface area (Å²) in [7, 11) is 0. The lowest BCUT2D eigenvalue weighted by Crippen LogP contribution is -1.91. The van der Waals surface area contributed by atoms with Gasteiger partial charge in [0.2, 0.25) is 0 Å². The predicted molar refractivity (Wildman–Crippen MR) is 65.2 cm³/mol. The monoisotopic (exact) mass is 202 g/mol. The minimum atomic E-state index is 0.801. The zero-order chi connectivity index (χ0) is 11.1. The van der Waals surface area contributed by atoms with Gasteiger partial charge in [0.25, 0.3) is 0 Å². The van der Waals surface area contributed by atoms with Gasteiger partial charge in [-0.25, -0.2) is 0 Å². The highest BCUT2D eigenvalue weighted by Crippen LogP contribution is 2.00. The first-order valence-corrected chi connectivity index (χ1v) is 5.33. The maximum absolute atomic E-state index is 4.33. The van der Waals surface area contributed by atoms with E-state index in [0.717, 1.165) is 24.2 Å². The zero-order valence-electron chi connectivity index (χ0n) is 9.70. The number of nitrogens with zero attached hydrogens (tertiary/aromatic N) is 2. The van der Waals surface area contributed by atoms with Crippen LogP contribution in [0.25, 0.3) is 0 Å². The molecule has 0 bridgehead atoms. The van der Waals surface area contributed by atoms with E-state index in [1.165, 1.54) is 5.56 Å². The number of hydrogen-bond donors (Lipinski definition) is 0. The van der Waals surface area contributed by atoms with Gasteiger partial charge >= 0.3 is 0 Å². The maximum atomic E-state index is 4.33. The normalized spacial score (nSPS) is 12.3. The molecule has 0 aliphatic rings. The van der Waals surface area contributed by atoms with E-state index in [2.05, 4.69) is 29.0 Å².